The first-order chi connectivity index (χ1) is 11.5. The third-order valence-electron chi connectivity index (χ3n) is 5.54. The zero-order valence-corrected chi connectivity index (χ0v) is 15.1. The summed E-state index contributed by atoms with van der Waals surface area (Å²) in [5.41, 5.74) is 0.606. The molecule has 1 spiro atoms. The molecule has 2 saturated heterocycles. The van der Waals surface area contributed by atoms with E-state index in [-0.39, 0.29) is 5.60 Å². The van der Waals surface area contributed by atoms with Crippen LogP contribution in [0.4, 0.5) is 0 Å². The van der Waals surface area contributed by atoms with Gasteiger partial charge in [0.05, 0.1) is 17.8 Å². The average molecular weight is 333 g/mol. The summed E-state index contributed by atoms with van der Waals surface area (Å²) in [4.78, 5) is 2.45. The summed E-state index contributed by atoms with van der Waals surface area (Å²) >= 11 is 0. The fourth-order valence-corrected chi connectivity index (χ4v) is 4.05. The SMILES string of the molecule is CCc1ccccc1OCCN1CCC2(CC1)CC(C)(O)CCO2. The fourth-order valence-electron chi connectivity index (χ4n) is 4.05. The fraction of sp³-hybridized carbons (Fsp3) is 0.700. The Balaban J connectivity index is 1.44. The lowest BCUT2D eigenvalue weighted by Gasteiger charge is -2.48. The highest BCUT2D eigenvalue weighted by Crippen LogP contribution is 2.39. The van der Waals surface area contributed by atoms with Gasteiger partial charge in [0.15, 0.2) is 0 Å². The van der Waals surface area contributed by atoms with Crippen LogP contribution in [0.2, 0.25) is 0 Å². The highest BCUT2D eigenvalue weighted by molar-refractivity contribution is 5.33. The van der Waals surface area contributed by atoms with Gasteiger partial charge in [-0.05, 0) is 44.2 Å². The lowest BCUT2D eigenvalue weighted by atomic mass is 9.78. The van der Waals surface area contributed by atoms with Crippen molar-refractivity contribution in [2.75, 3.05) is 32.8 Å². The van der Waals surface area contributed by atoms with E-state index in [2.05, 4.69) is 30.0 Å². The van der Waals surface area contributed by atoms with Gasteiger partial charge in [-0.2, -0.15) is 0 Å². The maximum atomic E-state index is 10.4. The van der Waals surface area contributed by atoms with E-state index < -0.39 is 5.60 Å². The normalized spacial score (nSPS) is 27.3. The molecule has 2 aliphatic heterocycles. The Bertz CT molecular complexity index is 535. The van der Waals surface area contributed by atoms with Gasteiger partial charge in [0.25, 0.3) is 0 Å². The summed E-state index contributed by atoms with van der Waals surface area (Å²) in [6.07, 6.45) is 4.54. The largest absolute Gasteiger partial charge is 0.492 e. The van der Waals surface area contributed by atoms with E-state index in [4.69, 9.17) is 9.47 Å². The van der Waals surface area contributed by atoms with Crippen LogP contribution >= 0.6 is 0 Å². The van der Waals surface area contributed by atoms with E-state index in [1.165, 1.54) is 5.56 Å². The zero-order chi connectivity index (χ0) is 17.0. The quantitative estimate of drug-likeness (QED) is 0.899. The molecule has 0 aromatic heterocycles. The smallest absolute Gasteiger partial charge is 0.122 e. The van der Waals surface area contributed by atoms with Gasteiger partial charge < -0.3 is 14.6 Å². The second kappa shape index (κ2) is 7.42. The molecule has 1 unspecified atom stereocenters. The van der Waals surface area contributed by atoms with Crippen molar-refractivity contribution in [3.63, 3.8) is 0 Å². The van der Waals surface area contributed by atoms with E-state index in [0.29, 0.717) is 6.61 Å². The molecule has 4 heteroatoms. The number of rotatable bonds is 5. The molecule has 2 heterocycles. The molecule has 0 bridgehead atoms. The van der Waals surface area contributed by atoms with Crippen LogP contribution < -0.4 is 4.74 Å². The van der Waals surface area contributed by atoms with Crippen LogP contribution in [0.15, 0.2) is 24.3 Å². The standard InChI is InChI=1S/C20H31NO3/c1-3-17-6-4-5-7-18(17)23-15-13-21-11-8-20(9-12-21)16-19(2,22)10-14-24-20/h4-7,22H,3,8-16H2,1-2H3. The number of hydrogen-bond acceptors (Lipinski definition) is 4. The molecule has 24 heavy (non-hydrogen) atoms. The minimum Gasteiger partial charge on any atom is -0.492 e. The van der Waals surface area contributed by atoms with Crippen molar-refractivity contribution >= 4 is 0 Å². The minimum absolute atomic E-state index is 0.103. The Hall–Kier alpha value is -1.10. The van der Waals surface area contributed by atoms with Crippen molar-refractivity contribution in [3.8, 4) is 5.75 Å². The first kappa shape index (κ1) is 17.7. The predicted octanol–water partition coefficient (Wildman–Crippen LogP) is 3.02. The Morgan fingerprint density at radius 2 is 1.96 bits per heavy atom. The first-order valence-electron chi connectivity index (χ1n) is 9.31. The van der Waals surface area contributed by atoms with Gasteiger partial charge in [0.2, 0.25) is 0 Å². The van der Waals surface area contributed by atoms with Crippen LogP contribution in [0.3, 0.4) is 0 Å². The molecule has 1 N–H and O–H groups in total. The molecule has 4 nitrogen and oxygen atoms in total. The second-order valence-corrected chi connectivity index (χ2v) is 7.61. The summed E-state index contributed by atoms with van der Waals surface area (Å²) < 4.78 is 12.1. The third kappa shape index (κ3) is 4.29. The van der Waals surface area contributed by atoms with Crippen LogP contribution in [0.1, 0.15) is 45.1 Å². The molecular formula is C20H31NO3. The molecule has 3 rings (SSSR count). The zero-order valence-electron chi connectivity index (χ0n) is 15.1. The first-order valence-corrected chi connectivity index (χ1v) is 9.31. The number of likely N-dealkylation sites (tertiary alicyclic amines) is 1. The highest BCUT2D eigenvalue weighted by Gasteiger charge is 2.44. The molecule has 2 fully saturated rings. The van der Waals surface area contributed by atoms with Crippen molar-refractivity contribution in [2.45, 2.75) is 57.2 Å². The average Bonchev–Trinajstić information content (AvgIpc) is 2.56. The van der Waals surface area contributed by atoms with Crippen molar-refractivity contribution in [1.29, 1.82) is 0 Å². The van der Waals surface area contributed by atoms with Crippen molar-refractivity contribution in [3.05, 3.63) is 29.8 Å². The van der Waals surface area contributed by atoms with Crippen LogP contribution in [0, 0.1) is 0 Å². The van der Waals surface area contributed by atoms with Gasteiger partial charge in [0, 0.05) is 26.1 Å². The highest BCUT2D eigenvalue weighted by atomic mass is 16.5. The van der Waals surface area contributed by atoms with Gasteiger partial charge in [-0.15, -0.1) is 0 Å². The number of aliphatic hydroxyl groups is 1. The summed E-state index contributed by atoms with van der Waals surface area (Å²) in [6.45, 7) is 8.51. The van der Waals surface area contributed by atoms with E-state index in [9.17, 15) is 5.11 Å². The minimum atomic E-state index is -0.562. The molecule has 1 aromatic carbocycles. The number of nitrogens with zero attached hydrogens (tertiary/aromatic N) is 1. The Morgan fingerprint density at radius 3 is 2.67 bits per heavy atom. The molecule has 0 saturated carbocycles. The van der Waals surface area contributed by atoms with Gasteiger partial charge in [0.1, 0.15) is 12.4 Å². The van der Waals surface area contributed by atoms with Gasteiger partial charge in [-0.25, -0.2) is 0 Å². The van der Waals surface area contributed by atoms with E-state index in [1.807, 2.05) is 13.0 Å². The Morgan fingerprint density at radius 1 is 1.21 bits per heavy atom. The number of para-hydroxylation sites is 1. The summed E-state index contributed by atoms with van der Waals surface area (Å²) in [7, 11) is 0. The number of benzene rings is 1. The Labute approximate surface area is 145 Å². The number of aryl methyl sites for hydroxylation is 1. The van der Waals surface area contributed by atoms with Gasteiger partial charge >= 0.3 is 0 Å². The van der Waals surface area contributed by atoms with Crippen molar-refractivity contribution in [2.24, 2.45) is 0 Å². The molecule has 1 aromatic rings. The predicted molar refractivity (Wildman–Crippen MR) is 95.5 cm³/mol. The Kier molecular flexibility index (Phi) is 5.48. The van der Waals surface area contributed by atoms with Crippen LogP contribution in [0.5, 0.6) is 5.75 Å². The summed E-state index contributed by atoms with van der Waals surface area (Å²) in [5.74, 6) is 1.01. The number of hydrogen-bond donors (Lipinski definition) is 1. The van der Waals surface area contributed by atoms with Crippen LogP contribution in [-0.2, 0) is 11.2 Å². The van der Waals surface area contributed by atoms with Crippen LogP contribution in [-0.4, -0.2) is 54.1 Å². The lowest BCUT2D eigenvalue weighted by Crippen LogP contribution is -2.53. The van der Waals surface area contributed by atoms with E-state index in [0.717, 1.165) is 64.1 Å². The van der Waals surface area contributed by atoms with E-state index >= 15 is 0 Å². The molecule has 134 valence electrons. The van der Waals surface area contributed by atoms with Crippen molar-refractivity contribution < 1.29 is 14.6 Å². The van der Waals surface area contributed by atoms with Crippen LogP contribution in [0.25, 0.3) is 0 Å². The maximum Gasteiger partial charge on any atom is 0.122 e. The monoisotopic (exact) mass is 333 g/mol. The third-order valence-corrected chi connectivity index (χ3v) is 5.54. The lowest BCUT2D eigenvalue weighted by molar-refractivity contribution is -0.172. The molecule has 0 amide bonds. The number of ether oxygens (including phenoxy) is 2. The van der Waals surface area contributed by atoms with E-state index in [1.54, 1.807) is 0 Å². The second-order valence-electron chi connectivity index (χ2n) is 7.61. The summed E-state index contributed by atoms with van der Waals surface area (Å²) in [5, 5.41) is 10.4. The van der Waals surface area contributed by atoms with Gasteiger partial charge in [-0.1, -0.05) is 25.1 Å². The maximum absolute atomic E-state index is 10.4. The molecule has 1 atom stereocenters. The molecular weight excluding hydrogens is 302 g/mol. The topological polar surface area (TPSA) is 41.9 Å². The summed E-state index contributed by atoms with van der Waals surface area (Å²) in [6, 6.07) is 8.29. The molecule has 0 radical (unpaired) electrons. The molecule has 2 aliphatic rings. The van der Waals surface area contributed by atoms with Gasteiger partial charge in [-0.3, -0.25) is 4.90 Å². The van der Waals surface area contributed by atoms with Crippen molar-refractivity contribution in [1.82, 2.24) is 4.90 Å². The molecule has 0 aliphatic carbocycles. The number of piperidine rings is 1.